The number of carbonyl (C=O) groups is 1. The fourth-order valence-electron chi connectivity index (χ4n) is 3.33. The van der Waals surface area contributed by atoms with Crippen molar-refractivity contribution in [3.05, 3.63) is 38.3 Å². The lowest BCUT2D eigenvalue weighted by Crippen LogP contribution is -2.42. The van der Waals surface area contributed by atoms with Crippen molar-refractivity contribution in [1.29, 1.82) is 0 Å². The summed E-state index contributed by atoms with van der Waals surface area (Å²) < 4.78 is 0.244. The Morgan fingerprint density at radius 1 is 1.38 bits per heavy atom. The van der Waals surface area contributed by atoms with E-state index >= 15 is 0 Å². The zero-order valence-electron chi connectivity index (χ0n) is 11.4. The molecule has 2 aliphatic rings. The predicted octanol–water partition coefficient (Wildman–Crippen LogP) is 2.32. The molecule has 0 saturated carbocycles. The summed E-state index contributed by atoms with van der Waals surface area (Å²) in [6.07, 6.45) is 3.24. The molecule has 1 aromatic rings. The van der Waals surface area contributed by atoms with E-state index in [1.54, 1.807) is 6.07 Å². The van der Waals surface area contributed by atoms with E-state index in [9.17, 15) is 14.9 Å². The van der Waals surface area contributed by atoms with Gasteiger partial charge in [0.25, 0.3) is 11.6 Å². The minimum absolute atomic E-state index is 0.0865. The highest BCUT2D eigenvalue weighted by Crippen LogP contribution is 2.30. The van der Waals surface area contributed by atoms with Gasteiger partial charge in [-0.05, 0) is 47.8 Å². The van der Waals surface area contributed by atoms with Gasteiger partial charge in [0, 0.05) is 24.7 Å². The molecule has 0 bridgehead atoms. The second-order valence-electron chi connectivity index (χ2n) is 5.51. The van der Waals surface area contributed by atoms with Crippen LogP contribution in [0.15, 0.2) is 22.7 Å². The van der Waals surface area contributed by atoms with Crippen LogP contribution in [0.25, 0.3) is 0 Å². The van der Waals surface area contributed by atoms with Crippen LogP contribution in [0.2, 0.25) is 0 Å². The number of nitro groups is 1. The van der Waals surface area contributed by atoms with Gasteiger partial charge in [0.1, 0.15) is 4.47 Å². The molecule has 2 atom stereocenters. The van der Waals surface area contributed by atoms with Crippen molar-refractivity contribution >= 4 is 27.5 Å². The van der Waals surface area contributed by atoms with Gasteiger partial charge in [0.2, 0.25) is 0 Å². The topological polar surface area (TPSA) is 75.5 Å². The first kappa shape index (κ1) is 14.5. The van der Waals surface area contributed by atoms with Crippen molar-refractivity contribution in [2.45, 2.75) is 31.3 Å². The molecule has 1 N–H and O–H groups in total. The third kappa shape index (κ3) is 2.67. The minimum Gasteiger partial charge on any atom is -0.348 e. The molecule has 0 aliphatic carbocycles. The first-order valence-corrected chi connectivity index (χ1v) is 7.85. The van der Waals surface area contributed by atoms with Gasteiger partial charge in [-0.15, -0.1) is 0 Å². The van der Waals surface area contributed by atoms with Crippen LogP contribution in [-0.2, 0) is 0 Å². The molecule has 6 nitrogen and oxygen atoms in total. The van der Waals surface area contributed by atoms with E-state index < -0.39 is 4.92 Å². The first-order chi connectivity index (χ1) is 10.1. The summed E-state index contributed by atoms with van der Waals surface area (Å²) in [7, 11) is 0. The summed E-state index contributed by atoms with van der Waals surface area (Å²) in [5.41, 5.74) is 0.234. The average Bonchev–Trinajstić information content (AvgIpc) is 3.03. The molecule has 112 valence electrons. The molecule has 7 heteroatoms. The number of amides is 1. The van der Waals surface area contributed by atoms with Gasteiger partial charge in [0.05, 0.1) is 10.5 Å². The molecule has 2 aliphatic heterocycles. The summed E-state index contributed by atoms with van der Waals surface area (Å²) in [6.45, 7) is 2.13. The number of carbonyl (C=O) groups excluding carboxylic acids is 1. The molecule has 0 radical (unpaired) electrons. The van der Waals surface area contributed by atoms with Crippen LogP contribution in [-0.4, -0.2) is 40.9 Å². The number of benzene rings is 1. The molecule has 2 fully saturated rings. The third-order valence-corrected chi connectivity index (χ3v) is 5.18. The molecule has 2 unspecified atom stereocenters. The number of hydrogen-bond acceptors (Lipinski definition) is 4. The van der Waals surface area contributed by atoms with Gasteiger partial charge in [-0.25, -0.2) is 0 Å². The smallest absolute Gasteiger partial charge is 0.284 e. The Morgan fingerprint density at radius 3 is 2.95 bits per heavy atom. The van der Waals surface area contributed by atoms with E-state index in [2.05, 4.69) is 26.1 Å². The molecule has 1 amide bonds. The van der Waals surface area contributed by atoms with Crippen molar-refractivity contribution in [3.63, 3.8) is 0 Å². The van der Waals surface area contributed by atoms with Crippen LogP contribution in [0.4, 0.5) is 5.69 Å². The molecule has 3 rings (SSSR count). The Hall–Kier alpha value is -1.47. The Kier molecular flexibility index (Phi) is 3.95. The van der Waals surface area contributed by atoms with Crippen LogP contribution in [0, 0.1) is 10.1 Å². The summed E-state index contributed by atoms with van der Waals surface area (Å²) in [4.78, 5) is 25.2. The predicted molar refractivity (Wildman–Crippen MR) is 81.3 cm³/mol. The van der Waals surface area contributed by atoms with Crippen molar-refractivity contribution in [3.8, 4) is 0 Å². The molecular formula is C14H16BrN3O3. The summed E-state index contributed by atoms with van der Waals surface area (Å²) in [5, 5.41) is 14.0. The van der Waals surface area contributed by atoms with Gasteiger partial charge in [0.15, 0.2) is 0 Å². The van der Waals surface area contributed by atoms with E-state index in [4.69, 9.17) is 0 Å². The van der Waals surface area contributed by atoms with E-state index in [1.807, 2.05) is 0 Å². The fraction of sp³-hybridized carbons (Fsp3) is 0.500. The lowest BCUT2D eigenvalue weighted by Gasteiger charge is -2.21. The second kappa shape index (κ2) is 5.73. The maximum Gasteiger partial charge on any atom is 0.284 e. The highest BCUT2D eigenvalue weighted by atomic mass is 79.9. The number of nitrogens with one attached hydrogen (secondary N) is 1. The highest BCUT2D eigenvalue weighted by Gasteiger charge is 2.38. The number of rotatable bonds is 3. The van der Waals surface area contributed by atoms with Crippen LogP contribution >= 0.6 is 15.9 Å². The van der Waals surface area contributed by atoms with E-state index in [0.29, 0.717) is 11.6 Å². The zero-order chi connectivity index (χ0) is 15.0. The number of fused-ring (bicyclic) bond motifs is 1. The van der Waals surface area contributed by atoms with Crippen molar-refractivity contribution in [2.75, 3.05) is 13.1 Å². The van der Waals surface area contributed by atoms with Crippen molar-refractivity contribution < 1.29 is 9.72 Å². The molecule has 21 heavy (non-hydrogen) atoms. The Balaban J connectivity index is 1.77. The number of nitro benzene ring substituents is 1. The summed E-state index contributed by atoms with van der Waals surface area (Å²) >= 11 is 3.18. The molecule has 1 aromatic carbocycles. The fourth-order valence-corrected chi connectivity index (χ4v) is 3.92. The second-order valence-corrected chi connectivity index (χ2v) is 6.30. The summed E-state index contributed by atoms with van der Waals surface area (Å²) in [5.74, 6) is -0.246. The van der Waals surface area contributed by atoms with E-state index in [-0.39, 0.29) is 22.1 Å². The quantitative estimate of drug-likeness (QED) is 0.668. The normalized spacial score (nSPS) is 24.8. The molecule has 0 spiro atoms. The van der Waals surface area contributed by atoms with Gasteiger partial charge < -0.3 is 5.32 Å². The van der Waals surface area contributed by atoms with Crippen molar-refractivity contribution in [2.24, 2.45) is 0 Å². The van der Waals surface area contributed by atoms with Crippen molar-refractivity contribution in [1.82, 2.24) is 10.2 Å². The number of hydrogen-bond donors (Lipinski definition) is 1. The van der Waals surface area contributed by atoms with Crippen LogP contribution < -0.4 is 5.32 Å². The minimum atomic E-state index is -0.491. The zero-order valence-corrected chi connectivity index (χ0v) is 13.0. The van der Waals surface area contributed by atoms with Gasteiger partial charge in [-0.3, -0.25) is 19.8 Å². The molecule has 2 saturated heterocycles. The SMILES string of the molecule is O=C(NC1CCN2CCCC12)c1cccc([N+](=O)[O-])c1Br. The van der Waals surface area contributed by atoms with E-state index in [0.717, 1.165) is 25.9 Å². The van der Waals surface area contributed by atoms with Gasteiger partial charge in [-0.2, -0.15) is 0 Å². The third-order valence-electron chi connectivity index (χ3n) is 4.34. The molecule has 2 heterocycles. The maximum absolute atomic E-state index is 12.4. The lowest BCUT2D eigenvalue weighted by atomic mass is 10.1. The molecular weight excluding hydrogens is 338 g/mol. The Morgan fingerprint density at radius 2 is 2.19 bits per heavy atom. The van der Waals surface area contributed by atoms with E-state index in [1.165, 1.54) is 18.6 Å². The monoisotopic (exact) mass is 353 g/mol. The van der Waals surface area contributed by atoms with Crippen LogP contribution in [0.5, 0.6) is 0 Å². The summed E-state index contributed by atoms with van der Waals surface area (Å²) in [6, 6.07) is 5.09. The number of nitrogens with zero attached hydrogens (tertiary/aromatic N) is 2. The highest BCUT2D eigenvalue weighted by molar-refractivity contribution is 9.10. The Bertz CT molecular complexity index is 593. The van der Waals surface area contributed by atoms with Crippen LogP contribution in [0.3, 0.4) is 0 Å². The standard InChI is InChI=1S/C14H16BrN3O3/c15-13-9(3-1-4-12(13)18(20)21)14(19)16-10-6-8-17-7-2-5-11(10)17/h1,3-4,10-11H,2,5-8H2,(H,16,19). The maximum atomic E-state index is 12.4. The average molecular weight is 354 g/mol. The Labute approximate surface area is 130 Å². The lowest BCUT2D eigenvalue weighted by molar-refractivity contribution is -0.385. The first-order valence-electron chi connectivity index (χ1n) is 7.06. The molecule has 0 aromatic heterocycles. The van der Waals surface area contributed by atoms with Crippen LogP contribution in [0.1, 0.15) is 29.6 Å². The van der Waals surface area contributed by atoms with Gasteiger partial charge in [-0.1, -0.05) is 6.07 Å². The largest absolute Gasteiger partial charge is 0.348 e. The number of halogens is 1. The van der Waals surface area contributed by atoms with Gasteiger partial charge >= 0.3 is 0 Å².